The van der Waals surface area contributed by atoms with Crippen molar-refractivity contribution in [2.75, 3.05) is 13.1 Å². The van der Waals surface area contributed by atoms with Crippen molar-refractivity contribution < 1.29 is 9.59 Å². The van der Waals surface area contributed by atoms with Gasteiger partial charge in [-0.25, -0.2) is 4.79 Å². The number of carbonyl (C=O) groups excluding carboxylic acids is 2. The quantitative estimate of drug-likeness (QED) is 0.694. The largest absolute Gasteiger partial charge is 0.369 e. The average molecular weight is 415 g/mol. The Balaban J connectivity index is 1.74. The number of amides is 2. The molecule has 0 bridgehead atoms. The fourth-order valence-electron chi connectivity index (χ4n) is 4.81. The van der Waals surface area contributed by atoms with Gasteiger partial charge in [-0.3, -0.25) is 14.2 Å². The molecule has 3 N–H and O–H groups in total. The summed E-state index contributed by atoms with van der Waals surface area (Å²) < 4.78 is 1.83. The summed E-state index contributed by atoms with van der Waals surface area (Å²) in [5.74, 6) is -0.824. The van der Waals surface area contributed by atoms with Crippen molar-refractivity contribution in [3.05, 3.63) is 34.7 Å². The molecule has 0 radical (unpaired) electrons. The van der Waals surface area contributed by atoms with Gasteiger partial charge >= 0.3 is 5.69 Å². The molecule has 1 fully saturated rings. The lowest BCUT2D eigenvalue weighted by Crippen LogP contribution is -2.47. The lowest BCUT2D eigenvalue weighted by molar-refractivity contribution is -0.143. The minimum atomic E-state index is -0.418. The van der Waals surface area contributed by atoms with Crippen LogP contribution in [0, 0.1) is 17.8 Å². The molecule has 30 heavy (non-hydrogen) atoms. The Kier molecular flexibility index (Phi) is 7.00. The summed E-state index contributed by atoms with van der Waals surface area (Å²) >= 11 is 0. The SMILES string of the molecule is CCC[C@H](C(N)=O)[C@@H](CC(C)C)C(=O)N1CCC(n2c(=O)[nH]c3ccccc32)CC1. The second-order valence-electron chi connectivity index (χ2n) is 8.91. The van der Waals surface area contributed by atoms with E-state index in [1.807, 2.05) is 40.7 Å². The number of nitrogens with zero attached hydrogens (tertiary/aromatic N) is 2. The Morgan fingerprint density at radius 2 is 1.83 bits per heavy atom. The number of imidazole rings is 1. The zero-order chi connectivity index (χ0) is 21.8. The zero-order valence-corrected chi connectivity index (χ0v) is 18.3. The van der Waals surface area contributed by atoms with Crippen LogP contribution in [0.2, 0.25) is 0 Å². The molecule has 164 valence electrons. The molecule has 1 aliphatic heterocycles. The minimum Gasteiger partial charge on any atom is -0.369 e. The van der Waals surface area contributed by atoms with Gasteiger partial charge in [0.25, 0.3) is 0 Å². The van der Waals surface area contributed by atoms with Gasteiger partial charge in [-0.15, -0.1) is 0 Å². The number of aromatic amines is 1. The van der Waals surface area contributed by atoms with Crippen LogP contribution < -0.4 is 11.4 Å². The van der Waals surface area contributed by atoms with E-state index in [-0.39, 0.29) is 29.5 Å². The molecule has 2 amide bonds. The van der Waals surface area contributed by atoms with Crippen LogP contribution in [0.5, 0.6) is 0 Å². The van der Waals surface area contributed by atoms with E-state index in [0.717, 1.165) is 30.3 Å². The maximum atomic E-state index is 13.4. The number of carbonyl (C=O) groups is 2. The topological polar surface area (TPSA) is 101 Å². The molecule has 1 aromatic carbocycles. The Hall–Kier alpha value is -2.57. The second kappa shape index (κ2) is 9.49. The highest BCUT2D eigenvalue weighted by Crippen LogP contribution is 2.30. The first kappa shape index (κ1) is 22.1. The Labute approximate surface area is 177 Å². The minimum absolute atomic E-state index is 0.0330. The van der Waals surface area contributed by atoms with Gasteiger partial charge in [-0.1, -0.05) is 39.3 Å². The van der Waals surface area contributed by atoms with E-state index in [9.17, 15) is 14.4 Å². The summed E-state index contributed by atoms with van der Waals surface area (Å²) in [7, 11) is 0. The summed E-state index contributed by atoms with van der Waals surface area (Å²) in [4.78, 5) is 42.7. The molecule has 0 unspecified atom stereocenters. The smallest absolute Gasteiger partial charge is 0.326 e. The molecule has 7 heteroatoms. The van der Waals surface area contributed by atoms with Crippen molar-refractivity contribution in [3.63, 3.8) is 0 Å². The molecular formula is C23H34N4O3. The number of nitrogens with two attached hydrogens (primary N) is 1. The molecule has 2 atom stereocenters. The summed E-state index contributed by atoms with van der Waals surface area (Å²) in [6, 6.07) is 7.75. The average Bonchev–Trinajstić information content (AvgIpc) is 3.05. The van der Waals surface area contributed by atoms with Crippen molar-refractivity contribution >= 4 is 22.8 Å². The Bertz CT molecular complexity index is 937. The standard InChI is InChI=1S/C23H34N4O3/c1-4-7-17(21(24)28)18(14-15(2)3)22(29)26-12-10-16(11-13-26)27-20-9-6-5-8-19(20)25-23(27)30/h5-6,8-9,15-18H,4,7,10-14H2,1-3H3,(H2,24,28)(H,25,30)/t17-,18+/m0/s1. The third-order valence-electron chi connectivity index (χ3n) is 6.26. The number of piperidine rings is 1. The fraction of sp³-hybridized carbons (Fsp3) is 0.609. The van der Waals surface area contributed by atoms with Crippen LogP contribution in [-0.4, -0.2) is 39.4 Å². The molecule has 1 aliphatic rings. The van der Waals surface area contributed by atoms with Gasteiger partial charge < -0.3 is 15.6 Å². The molecule has 3 rings (SSSR count). The van der Waals surface area contributed by atoms with Crippen molar-refractivity contribution in [1.82, 2.24) is 14.5 Å². The zero-order valence-electron chi connectivity index (χ0n) is 18.3. The molecule has 0 aliphatic carbocycles. The number of aromatic nitrogens is 2. The van der Waals surface area contributed by atoms with Gasteiger partial charge in [0.2, 0.25) is 11.8 Å². The van der Waals surface area contributed by atoms with Crippen LogP contribution in [0.4, 0.5) is 0 Å². The van der Waals surface area contributed by atoms with Crippen LogP contribution >= 0.6 is 0 Å². The van der Waals surface area contributed by atoms with Gasteiger partial charge in [0.15, 0.2) is 0 Å². The third-order valence-corrected chi connectivity index (χ3v) is 6.26. The number of H-pyrrole nitrogens is 1. The first-order chi connectivity index (χ1) is 14.3. The van der Waals surface area contributed by atoms with E-state index in [4.69, 9.17) is 5.73 Å². The molecular weight excluding hydrogens is 380 g/mol. The second-order valence-corrected chi connectivity index (χ2v) is 8.91. The maximum absolute atomic E-state index is 13.4. The number of hydrogen-bond acceptors (Lipinski definition) is 3. The first-order valence-corrected chi connectivity index (χ1v) is 11.1. The van der Waals surface area contributed by atoms with E-state index in [2.05, 4.69) is 18.8 Å². The summed E-state index contributed by atoms with van der Waals surface area (Å²) in [6.07, 6.45) is 3.56. The first-order valence-electron chi connectivity index (χ1n) is 11.1. The maximum Gasteiger partial charge on any atom is 0.326 e. The fourth-order valence-corrected chi connectivity index (χ4v) is 4.81. The highest BCUT2D eigenvalue weighted by atomic mass is 16.2. The van der Waals surface area contributed by atoms with Crippen molar-refractivity contribution in [2.24, 2.45) is 23.5 Å². The van der Waals surface area contributed by atoms with Crippen LogP contribution in [-0.2, 0) is 9.59 Å². The molecule has 0 spiro atoms. The van der Waals surface area contributed by atoms with E-state index in [0.29, 0.717) is 31.8 Å². The molecule has 0 saturated carbocycles. The number of likely N-dealkylation sites (tertiary alicyclic amines) is 1. The normalized spacial score (nSPS) is 17.4. The molecule has 2 aromatic rings. The monoisotopic (exact) mass is 414 g/mol. The van der Waals surface area contributed by atoms with Crippen LogP contribution in [0.25, 0.3) is 11.0 Å². The van der Waals surface area contributed by atoms with Gasteiger partial charge in [-0.2, -0.15) is 0 Å². The Morgan fingerprint density at radius 3 is 2.43 bits per heavy atom. The van der Waals surface area contributed by atoms with Gasteiger partial charge in [0, 0.05) is 31.0 Å². The number of fused-ring (bicyclic) bond motifs is 1. The van der Waals surface area contributed by atoms with Gasteiger partial charge in [0.1, 0.15) is 0 Å². The summed E-state index contributed by atoms with van der Waals surface area (Å²) in [5, 5.41) is 0. The van der Waals surface area contributed by atoms with Crippen molar-refractivity contribution in [1.29, 1.82) is 0 Å². The number of rotatable bonds is 8. The number of nitrogens with one attached hydrogen (secondary N) is 1. The summed E-state index contributed by atoms with van der Waals surface area (Å²) in [6.45, 7) is 7.32. The number of hydrogen-bond donors (Lipinski definition) is 2. The third kappa shape index (κ3) is 4.60. The molecule has 1 aromatic heterocycles. The lowest BCUT2D eigenvalue weighted by atomic mass is 9.81. The van der Waals surface area contributed by atoms with Crippen LogP contribution in [0.15, 0.2) is 29.1 Å². The number of benzene rings is 1. The van der Waals surface area contributed by atoms with E-state index < -0.39 is 5.92 Å². The lowest BCUT2D eigenvalue weighted by Gasteiger charge is -2.36. The molecule has 1 saturated heterocycles. The number of primary amides is 1. The van der Waals surface area contributed by atoms with Crippen molar-refractivity contribution in [3.8, 4) is 0 Å². The molecule has 7 nitrogen and oxygen atoms in total. The van der Waals surface area contributed by atoms with Gasteiger partial charge in [-0.05, 0) is 43.7 Å². The predicted molar refractivity (Wildman–Crippen MR) is 118 cm³/mol. The van der Waals surface area contributed by atoms with Crippen molar-refractivity contribution in [2.45, 2.75) is 58.9 Å². The van der Waals surface area contributed by atoms with E-state index in [1.54, 1.807) is 0 Å². The highest BCUT2D eigenvalue weighted by Gasteiger charge is 2.36. The summed E-state index contributed by atoms with van der Waals surface area (Å²) in [5.41, 5.74) is 7.31. The highest BCUT2D eigenvalue weighted by molar-refractivity contribution is 5.87. The molecule has 2 heterocycles. The van der Waals surface area contributed by atoms with Gasteiger partial charge in [0.05, 0.1) is 11.0 Å². The number of para-hydroxylation sites is 2. The van der Waals surface area contributed by atoms with Crippen LogP contribution in [0.3, 0.4) is 0 Å². The van der Waals surface area contributed by atoms with Crippen LogP contribution in [0.1, 0.15) is 58.9 Å². The Morgan fingerprint density at radius 1 is 1.17 bits per heavy atom. The van der Waals surface area contributed by atoms with E-state index >= 15 is 0 Å². The predicted octanol–water partition coefficient (Wildman–Crippen LogP) is 3.06. The van der Waals surface area contributed by atoms with E-state index in [1.165, 1.54) is 0 Å².